The zero-order valence-corrected chi connectivity index (χ0v) is 13.1. The predicted molar refractivity (Wildman–Crippen MR) is 83.2 cm³/mol. The molecule has 0 aliphatic rings. The van der Waals surface area contributed by atoms with Gasteiger partial charge < -0.3 is 11.5 Å². The fourth-order valence-corrected chi connectivity index (χ4v) is 1.88. The summed E-state index contributed by atoms with van der Waals surface area (Å²) in [6.07, 6.45) is -4.34. The molecule has 2 rings (SSSR count). The number of benzene rings is 2. The predicted octanol–water partition coefficient (Wildman–Crippen LogP) is 4.19. The van der Waals surface area contributed by atoms with Crippen molar-refractivity contribution in [3.8, 4) is 0 Å². The van der Waals surface area contributed by atoms with E-state index in [1.807, 2.05) is 6.92 Å². The molecule has 0 heterocycles. The fourth-order valence-electron chi connectivity index (χ4n) is 1.88. The normalized spacial score (nSPS) is 12.3. The van der Waals surface area contributed by atoms with E-state index in [2.05, 4.69) is 0 Å². The summed E-state index contributed by atoms with van der Waals surface area (Å²) in [7, 11) is 0. The molecule has 0 amide bonds. The first-order chi connectivity index (χ1) is 11.1. The Hall–Kier alpha value is -1.99. The fraction of sp³-hybridized carbons (Fsp3) is 0.294. The molecule has 0 fully saturated rings. The summed E-state index contributed by atoms with van der Waals surface area (Å²) in [6.45, 7) is 2.11. The highest BCUT2D eigenvalue weighted by Gasteiger charge is 2.34. The van der Waals surface area contributed by atoms with Crippen LogP contribution in [0.15, 0.2) is 42.5 Å². The molecular formula is C17H19F5N2. The first kappa shape index (κ1) is 20.1. The zero-order chi connectivity index (χ0) is 18.3. The summed E-state index contributed by atoms with van der Waals surface area (Å²) in [5, 5.41) is 0. The molecule has 4 N–H and O–H groups in total. The molecule has 0 aromatic heterocycles. The second-order valence-corrected chi connectivity index (χ2v) is 5.19. The molecule has 0 bridgehead atoms. The van der Waals surface area contributed by atoms with Gasteiger partial charge >= 0.3 is 6.18 Å². The Morgan fingerprint density at radius 3 is 2.04 bits per heavy atom. The molecule has 0 saturated carbocycles. The molecular weight excluding hydrogens is 327 g/mol. The van der Waals surface area contributed by atoms with Gasteiger partial charge in [-0.1, -0.05) is 18.2 Å². The Kier molecular flexibility index (Phi) is 7.31. The Bertz CT molecular complexity index is 636. The standard InChI is InChI=1S/C9H9F4N.C8H10FN/c10-8-2-1-6(3-4-14)5-7(8)9(11,12)13;1-6(10)7-2-4-8(9)5-3-7/h1-2,5H,3-4,14H2;2-6H,10H2,1H3. The first-order valence-corrected chi connectivity index (χ1v) is 7.22. The van der Waals surface area contributed by atoms with Gasteiger partial charge in [0, 0.05) is 6.04 Å². The minimum Gasteiger partial charge on any atom is -0.330 e. The van der Waals surface area contributed by atoms with Crippen LogP contribution < -0.4 is 11.5 Å². The number of hydrogen-bond donors (Lipinski definition) is 2. The number of alkyl halides is 3. The maximum atomic E-state index is 12.8. The third-order valence-electron chi connectivity index (χ3n) is 3.16. The van der Waals surface area contributed by atoms with Gasteiger partial charge in [-0.15, -0.1) is 0 Å². The van der Waals surface area contributed by atoms with E-state index in [4.69, 9.17) is 11.5 Å². The van der Waals surface area contributed by atoms with Crippen LogP contribution in [0.4, 0.5) is 22.0 Å². The molecule has 132 valence electrons. The Morgan fingerprint density at radius 1 is 1.00 bits per heavy atom. The smallest absolute Gasteiger partial charge is 0.330 e. The summed E-state index contributed by atoms with van der Waals surface area (Å²) in [4.78, 5) is 0. The van der Waals surface area contributed by atoms with E-state index in [-0.39, 0.29) is 18.4 Å². The molecule has 2 aromatic carbocycles. The quantitative estimate of drug-likeness (QED) is 0.819. The summed E-state index contributed by atoms with van der Waals surface area (Å²) in [5.41, 5.74) is 10.8. The third-order valence-corrected chi connectivity index (χ3v) is 3.16. The Labute approximate surface area is 137 Å². The molecule has 2 aromatic rings. The lowest BCUT2D eigenvalue weighted by Crippen LogP contribution is -2.10. The van der Waals surface area contributed by atoms with Gasteiger partial charge in [0.05, 0.1) is 5.56 Å². The van der Waals surface area contributed by atoms with Crippen LogP contribution >= 0.6 is 0 Å². The van der Waals surface area contributed by atoms with Gasteiger partial charge in [0.15, 0.2) is 0 Å². The molecule has 0 aliphatic carbocycles. The summed E-state index contributed by atoms with van der Waals surface area (Å²) >= 11 is 0. The summed E-state index contributed by atoms with van der Waals surface area (Å²) < 4.78 is 61.7. The van der Waals surface area contributed by atoms with Crippen LogP contribution in [0.1, 0.15) is 29.7 Å². The number of hydrogen-bond acceptors (Lipinski definition) is 2. The summed E-state index contributed by atoms with van der Waals surface area (Å²) in [5.74, 6) is -1.47. The lowest BCUT2D eigenvalue weighted by atomic mass is 10.1. The molecule has 0 aliphatic heterocycles. The molecule has 2 nitrogen and oxygen atoms in total. The van der Waals surface area contributed by atoms with Crippen LogP contribution in [-0.2, 0) is 12.6 Å². The maximum absolute atomic E-state index is 12.8. The highest BCUT2D eigenvalue weighted by atomic mass is 19.4. The molecule has 7 heteroatoms. The van der Waals surface area contributed by atoms with Crippen molar-refractivity contribution in [3.05, 3.63) is 70.8 Å². The molecule has 1 unspecified atom stereocenters. The lowest BCUT2D eigenvalue weighted by molar-refractivity contribution is -0.140. The van der Waals surface area contributed by atoms with Crippen LogP contribution in [-0.4, -0.2) is 6.54 Å². The SMILES string of the molecule is CC(N)c1ccc(F)cc1.NCCc1ccc(F)c(C(F)(F)F)c1. The Balaban J connectivity index is 0.000000254. The average molecular weight is 346 g/mol. The van der Waals surface area contributed by atoms with E-state index in [1.54, 1.807) is 12.1 Å². The van der Waals surface area contributed by atoms with Gasteiger partial charge in [-0.2, -0.15) is 13.2 Å². The van der Waals surface area contributed by atoms with E-state index in [9.17, 15) is 22.0 Å². The van der Waals surface area contributed by atoms with Crippen LogP contribution in [0.25, 0.3) is 0 Å². The zero-order valence-electron chi connectivity index (χ0n) is 13.1. The number of rotatable bonds is 3. The van der Waals surface area contributed by atoms with Crippen molar-refractivity contribution in [3.63, 3.8) is 0 Å². The van der Waals surface area contributed by atoms with Crippen molar-refractivity contribution in [1.82, 2.24) is 0 Å². The van der Waals surface area contributed by atoms with E-state index in [0.717, 1.165) is 17.7 Å². The van der Waals surface area contributed by atoms with Crippen LogP contribution in [0.3, 0.4) is 0 Å². The van der Waals surface area contributed by atoms with Crippen LogP contribution in [0.5, 0.6) is 0 Å². The molecule has 24 heavy (non-hydrogen) atoms. The van der Waals surface area contributed by atoms with Crippen LogP contribution in [0.2, 0.25) is 0 Å². The van der Waals surface area contributed by atoms with Crippen molar-refractivity contribution in [2.75, 3.05) is 6.54 Å². The van der Waals surface area contributed by atoms with Crippen molar-refractivity contribution in [2.24, 2.45) is 11.5 Å². The largest absolute Gasteiger partial charge is 0.419 e. The van der Waals surface area contributed by atoms with E-state index in [0.29, 0.717) is 12.0 Å². The number of nitrogens with two attached hydrogens (primary N) is 2. The summed E-state index contributed by atoms with van der Waals surface area (Å²) in [6, 6.07) is 9.12. The third kappa shape index (κ3) is 6.25. The minimum atomic E-state index is -4.64. The highest BCUT2D eigenvalue weighted by Crippen LogP contribution is 2.31. The van der Waals surface area contributed by atoms with E-state index in [1.165, 1.54) is 18.2 Å². The van der Waals surface area contributed by atoms with Crippen molar-refractivity contribution < 1.29 is 22.0 Å². The molecule has 1 atom stereocenters. The lowest BCUT2D eigenvalue weighted by Gasteiger charge is -2.09. The molecule has 0 saturated heterocycles. The van der Waals surface area contributed by atoms with Crippen molar-refractivity contribution >= 4 is 0 Å². The maximum Gasteiger partial charge on any atom is 0.419 e. The van der Waals surface area contributed by atoms with E-state index < -0.39 is 17.6 Å². The van der Waals surface area contributed by atoms with Gasteiger partial charge in [0.25, 0.3) is 0 Å². The highest BCUT2D eigenvalue weighted by molar-refractivity contribution is 5.27. The number of halogens is 5. The molecule has 0 spiro atoms. The van der Waals surface area contributed by atoms with Crippen molar-refractivity contribution in [1.29, 1.82) is 0 Å². The average Bonchev–Trinajstić information content (AvgIpc) is 2.49. The topological polar surface area (TPSA) is 52.0 Å². The van der Waals surface area contributed by atoms with Gasteiger partial charge in [-0.05, 0) is 55.3 Å². The monoisotopic (exact) mass is 346 g/mol. The van der Waals surface area contributed by atoms with Crippen LogP contribution in [0, 0.1) is 11.6 Å². The van der Waals surface area contributed by atoms with Gasteiger partial charge in [0.2, 0.25) is 0 Å². The Morgan fingerprint density at radius 2 is 1.58 bits per heavy atom. The second kappa shape index (κ2) is 8.75. The van der Waals surface area contributed by atoms with E-state index >= 15 is 0 Å². The second-order valence-electron chi connectivity index (χ2n) is 5.19. The van der Waals surface area contributed by atoms with Gasteiger partial charge in [-0.25, -0.2) is 8.78 Å². The van der Waals surface area contributed by atoms with Crippen molar-refractivity contribution in [2.45, 2.75) is 25.6 Å². The van der Waals surface area contributed by atoms with Gasteiger partial charge in [0.1, 0.15) is 11.6 Å². The van der Waals surface area contributed by atoms with Gasteiger partial charge in [-0.3, -0.25) is 0 Å². The minimum absolute atomic E-state index is 0.0133. The molecule has 0 radical (unpaired) electrons. The first-order valence-electron chi connectivity index (χ1n) is 7.22.